The minimum Gasteiger partial charge on any atom is -0.506 e. The Morgan fingerprint density at radius 2 is 1.95 bits per heavy atom. The van der Waals surface area contributed by atoms with Crippen LogP contribution in [-0.2, 0) is 9.53 Å². The molecule has 2 aromatic rings. The minimum atomic E-state index is -0.562. The first kappa shape index (κ1) is 14.8. The van der Waals surface area contributed by atoms with Crippen LogP contribution in [0.25, 0.3) is 10.8 Å². The standard InChI is InChI=1S/C15H16N2O4/c16-13(18)9-21-8-7-17-15(20)12-6-5-10-3-1-2-4-11(10)14(12)19/h1-6,19H,7-9H2,(H2,16,18)(H,17,20). The lowest BCUT2D eigenvalue weighted by atomic mass is 10.0. The third-order valence-corrected chi connectivity index (χ3v) is 2.92. The van der Waals surface area contributed by atoms with Crippen molar-refractivity contribution in [1.29, 1.82) is 0 Å². The maximum absolute atomic E-state index is 12.0. The van der Waals surface area contributed by atoms with Crippen LogP contribution in [-0.4, -0.2) is 36.7 Å². The molecule has 6 nitrogen and oxygen atoms in total. The molecule has 0 bridgehead atoms. The smallest absolute Gasteiger partial charge is 0.255 e. The minimum absolute atomic E-state index is 0.0522. The van der Waals surface area contributed by atoms with Crippen LogP contribution >= 0.6 is 0 Å². The Labute approximate surface area is 121 Å². The molecule has 0 fully saturated rings. The van der Waals surface area contributed by atoms with Crippen LogP contribution in [0.1, 0.15) is 10.4 Å². The lowest BCUT2D eigenvalue weighted by Gasteiger charge is -2.09. The van der Waals surface area contributed by atoms with Crippen molar-refractivity contribution >= 4 is 22.6 Å². The van der Waals surface area contributed by atoms with Gasteiger partial charge in [-0.2, -0.15) is 0 Å². The first-order chi connectivity index (χ1) is 10.1. The fourth-order valence-corrected chi connectivity index (χ4v) is 1.94. The van der Waals surface area contributed by atoms with Gasteiger partial charge >= 0.3 is 0 Å². The molecule has 2 aromatic carbocycles. The van der Waals surface area contributed by atoms with Crippen LogP contribution in [0.15, 0.2) is 36.4 Å². The van der Waals surface area contributed by atoms with Crippen LogP contribution in [0.5, 0.6) is 5.75 Å². The van der Waals surface area contributed by atoms with E-state index in [2.05, 4.69) is 5.32 Å². The monoisotopic (exact) mass is 288 g/mol. The summed E-state index contributed by atoms with van der Waals surface area (Å²) in [6.07, 6.45) is 0. The van der Waals surface area contributed by atoms with E-state index in [4.69, 9.17) is 10.5 Å². The van der Waals surface area contributed by atoms with Gasteiger partial charge in [-0.25, -0.2) is 0 Å². The van der Waals surface area contributed by atoms with Crippen LogP contribution in [0.2, 0.25) is 0 Å². The number of primary amides is 1. The number of carbonyl (C=O) groups excluding carboxylic acids is 2. The molecule has 0 saturated carbocycles. The fourth-order valence-electron chi connectivity index (χ4n) is 1.94. The SMILES string of the molecule is NC(=O)COCCNC(=O)c1ccc2ccccc2c1O. The van der Waals surface area contributed by atoms with Gasteiger partial charge in [-0.1, -0.05) is 30.3 Å². The molecular weight excluding hydrogens is 272 g/mol. The first-order valence-electron chi connectivity index (χ1n) is 6.44. The van der Waals surface area contributed by atoms with E-state index < -0.39 is 11.8 Å². The number of hydrogen-bond donors (Lipinski definition) is 3. The van der Waals surface area contributed by atoms with Crippen molar-refractivity contribution in [2.75, 3.05) is 19.8 Å². The van der Waals surface area contributed by atoms with Crippen molar-refractivity contribution in [3.05, 3.63) is 42.0 Å². The highest BCUT2D eigenvalue weighted by Gasteiger charge is 2.13. The molecule has 0 aliphatic carbocycles. The summed E-state index contributed by atoms with van der Waals surface area (Å²) in [5.41, 5.74) is 5.11. The third-order valence-electron chi connectivity index (χ3n) is 2.92. The Morgan fingerprint density at radius 1 is 1.19 bits per heavy atom. The quantitative estimate of drug-likeness (QED) is 0.683. The highest BCUT2D eigenvalue weighted by atomic mass is 16.5. The van der Waals surface area contributed by atoms with Gasteiger partial charge in [-0.15, -0.1) is 0 Å². The molecule has 0 aliphatic rings. The average molecular weight is 288 g/mol. The Kier molecular flexibility index (Phi) is 4.73. The van der Waals surface area contributed by atoms with Crippen LogP contribution in [0.3, 0.4) is 0 Å². The second-order valence-corrected chi connectivity index (χ2v) is 4.46. The number of carbonyl (C=O) groups is 2. The van der Waals surface area contributed by atoms with E-state index in [0.717, 1.165) is 5.39 Å². The van der Waals surface area contributed by atoms with Gasteiger partial charge in [0.1, 0.15) is 12.4 Å². The summed E-state index contributed by atoms with van der Waals surface area (Å²) in [6.45, 7) is 0.207. The second-order valence-electron chi connectivity index (χ2n) is 4.46. The predicted octanol–water partition coefficient (Wildman–Crippen LogP) is 0.777. The van der Waals surface area contributed by atoms with Crippen molar-refractivity contribution in [2.45, 2.75) is 0 Å². The van der Waals surface area contributed by atoms with E-state index >= 15 is 0 Å². The van der Waals surface area contributed by atoms with Crippen LogP contribution in [0.4, 0.5) is 0 Å². The second kappa shape index (κ2) is 6.71. The zero-order valence-electron chi connectivity index (χ0n) is 11.3. The molecule has 0 heterocycles. The van der Waals surface area contributed by atoms with Crippen LogP contribution < -0.4 is 11.1 Å². The zero-order chi connectivity index (χ0) is 15.2. The zero-order valence-corrected chi connectivity index (χ0v) is 11.3. The largest absolute Gasteiger partial charge is 0.506 e. The Hall–Kier alpha value is -2.60. The lowest BCUT2D eigenvalue weighted by molar-refractivity contribution is -0.122. The van der Waals surface area contributed by atoms with E-state index in [1.165, 1.54) is 0 Å². The molecule has 0 spiro atoms. The van der Waals surface area contributed by atoms with E-state index in [-0.39, 0.29) is 31.1 Å². The number of nitrogens with two attached hydrogens (primary N) is 1. The number of nitrogens with one attached hydrogen (secondary N) is 1. The summed E-state index contributed by atoms with van der Waals surface area (Å²) in [7, 11) is 0. The van der Waals surface area contributed by atoms with E-state index in [1.54, 1.807) is 24.3 Å². The summed E-state index contributed by atoms with van der Waals surface area (Å²) in [6, 6.07) is 10.6. The molecular formula is C15H16N2O4. The molecule has 110 valence electrons. The Balaban J connectivity index is 1.99. The van der Waals surface area contributed by atoms with E-state index in [9.17, 15) is 14.7 Å². The number of ether oxygens (including phenoxy) is 1. The Bertz CT molecular complexity index is 670. The molecule has 21 heavy (non-hydrogen) atoms. The topological polar surface area (TPSA) is 102 Å². The number of hydrogen-bond acceptors (Lipinski definition) is 4. The van der Waals surface area contributed by atoms with Gasteiger partial charge < -0.3 is 20.9 Å². The number of phenolic OH excluding ortho intramolecular Hbond substituents is 1. The highest BCUT2D eigenvalue weighted by Crippen LogP contribution is 2.28. The molecule has 0 saturated heterocycles. The average Bonchev–Trinajstić information content (AvgIpc) is 2.47. The number of phenols is 1. The van der Waals surface area contributed by atoms with Gasteiger partial charge in [-0.05, 0) is 11.5 Å². The fraction of sp³-hybridized carbons (Fsp3) is 0.200. The summed E-state index contributed by atoms with van der Waals surface area (Å²) < 4.78 is 4.93. The third kappa shape index (κ3) is 3.70. The number of benzene rings is 2. The maximum atomic E-state index is 12.0. The maximum Gasteiger partial charge on any atom is 0.255 e. The number of rotatable bonds is 6. The molecule has 0 atom stereocenters. The first-order valence-corrected chi connectivity index (χ1v) is 6.44. The van der Waals surface area contributed by atoms with Crippen LogP contribution in [0, 0.1) is 0 Å². The molecule has 0 aromatic heterocycles. The summed E-state index contributed by atoms with van der Waals surface area (Å²) in [5, 5.41) is 14.2. The normalized spacial score (nSPS) is 10.5. The number of fused-ring (bicyclic) bond motifs is 1. The number of amides is 2. The van der Waals surface area contributed by atoms with Crippen molar-refractivity contribution in [1.82, 2.24) is 5.32 Å². The van der Waals surface area contributed by atoms with E-state index in [0.29, 0.717) is 5.39 Å². The molecule has 2 amide bonds. The summed E-state index contributed by atoms with van der Waals surface area (Å²) >= 11 is 0. The van der Waals surface area contributed by atoms with E-state index in [1.807, 2.05) is 12.1 Å². The molecule has 0 unspecified atom stereocenters. The predicted molar refractivity (Wildman–Crippen MR) is 78.0 cm³/mol. The Morgan fingerprint density at radius 3 is 2.71 bits per heavy atom. The van der Waals surface area contributed by atoms with Gasteiger partial charge in [-0.3, -0.25) is 9.59 Å². The van der Waals surface area contributed by atoms with Crippen molar-refractivity contribution in [2.24, 2.45) is 5.73 Å². The molecule has 0 radical (unpaired) electrons. The molecule has 2 rings (SSSR count). The van der Waals surface area contributed by atoms with Gasteiger partial charge in [0, 0.05) is 11.9 Å². The van der Waals surface area contributed by atoms with Crippen molar-refractivity contribution in [3.8, 4) is 5.75 Å². The van der Waals surface area contributed by atoms with Gasteiger partial charge in [0.2, 0.25) is 5.91 Å². The molecule has 6 heteroatoms. The number of aromatic hydroxyl groups is 1. The summed E-state index contributed by atoms with van der Waals surface area (Å²) in [4.78, 5) is 22.5. The molecule has 4 N–H and O–H groups in total. The molecule has 0 aliphatic heterocycles. The van der Waals surface area contributed by atoms with Gasteiger partial charge in [0.25, 0.3) is 5.91 Å². The highest BCUT2D eigenvalue weighted by molar-refractivity contribution is 6.03. The van der Waals surface area contributed by atoms with Crippen molar-refractivity contribution < 1.29 is 19.4 Å². The van der Waals surface area contributed by atoms with Crippen molar-refractivity contribution in [3.63, 3.8) is 0 Å². The lowest BCUT2D eigenvalue weighted by Crippen LogP contribution is -2.28. The van der Waals surface area contributed by atoms with Gasteiger partial charge in [0.05, 0.1) is 12.2 Å². The van der Waals surface area contributed by atoms with Gasteiger partial charge in [0.15, 0.2) is 0 Å². The summed E-state index contributed by atoms with van der Waals surface area (Å²) in [5.74, 6) is -1.02.